The fourth-order valence-corrected chi connectivity index (χ4v) is 2.58. The van der Waals surface area contributed by atoms with Crippen molar-refractivity contribution in [1.82, 2.24) is 4.98 Å². The van der Waals surface area contributed by atoms with E-state index in [0.29, 0.717) is 4.88 Å². The maximum atomic E-state index is 11.9. The summed E-state index contributed by atoms with van der Waals surface area (Å²) in [5, 5.41) is 11.5. The number of thiophene rings is 1. The van der Waals surface area contributed by atoms with Crippen LogP contribution in [0.25, 0.3) is 0 Å². The lowest BCUT2D eigenvalue weighted by Gasteiger charge is -2.06. The summed E-state index contributed by atoms with van der Waals surface area (Å²) in [6, 6.07) is 4.74. The van der Waals surface area contributed by atoms with Gasteiger partial charge in [-0.2, -0.15) is 0 Å². The predicted molar refractivity (Wildman–Crippen MR) is 71.2 cm³/mol. The second-order valence-corrected chi connectivity index (χ2v) is 5.75. The van der Waals surface area contributed by atoms with Crippen molar-refractivity contribution in [2.45, 2.75) is 0 Å². The zero-order valence-electron chi connectivity index (χ0n) is 8.88. The van der Waals surface area contributed by atoms with E-state index in [1.807, 2.05) is 0 Å². The number of rotatable bonds is 3. The number of aromatic nitrogens is 1. The van der Waals surface area contributed by atoms with Crippen molar-refractivity contribution in [3.63, 3.8) is 0 Å². The molecule has 2 N–H and O–H groups in total. The minimum Gasteiger partial charge on any atom is -0.478 e. The smallest absolute Gasteiger partial charge is 0.337 e. The van der Waals surface area contributed by atoms with Gasteiger partial charge in [-0.15, -0.1) is 11.3 Å². The van der Waals surface area contributed by atoms with Crippen LogP contribution in [0.5, 0.6) is 0 Å². The molecule has 0 fully saturated rings. The van der Waals surface area contributed by atoms with E-state index >= 15 is 0 Å². The molecule has 0 aliphatic rings. The standard InChI is InChI=1S/C11H7BrN2O3S/c12-9-2-1-8(18-9)10(15)14-7-5-13-4-3-6(7)11(16)17/h1-5H,(H,14,15)(H,16,17). The number of carbonyl (C=O) groups is 2. The van der Waals surface area contributed by atoms with Crippen molar-refractivity contribution in [2.24, 2.45) is 0 Å². The summed E-state index contributed by atoms with van der Waals surface area (Å²) < 4.78 is 0.831. The fraction of sp³-hybridized carbons (Fsp3) is 0. The molecular weight excluding hydrogens is 320 g/mol. The molecule has 18 heavy (non-hydrogen) atoms. The van der Waals surface area contributed by atoms with Crippen LogP contribution in [0.15, 0.2) is 34.4 Å². The first kappa shape index (κ1) is 12.7. The first-order valence-corrected chi connectivity index (χ1v) is 6.43. The van der Waals surface area contributed by atoms with Crippen molar-refractivity contribution in [1.29, 1.82) is 0 Å². The molecule has 0 aliphatic heterocycles. The number of aromatic carboxylic acids is 1. The first-order chi connectivity index (χ1) is 8.58. The molecule has 0 radical (unpaired) electrons. The summed E-state index contributed by atoms with van der Waals surface area (Å²) in [6.45, 7) is 0. The third-order valence-corrected chi connectivity index (χ3v) is 3.72. The molecule has 92 valence electrons. The molecule has 2 aromatic heterocycles. The molecule has 0 saturated carbocycles. The Bertz CT molecular complexity index is 612. The Kier molecular flexibility index (Phi) is 3.73. The molecule has 2 rings (SSSR count). The summed E-state index contributed by atoms with van der Waals surface area (Å²) in [6.07, 6.45) is 2.67. The third-order valence-electron chi connectivity index (χ3n) is 2.10. The number of hydrogen-bond donors (Lipinski definition) is 2. The van der Waals surface area contributed by atoms with Crippen LogP contribution in [0, 0.1) is 0 Å². The lowest BCUT2D eigenvalue weighted by Crippen LogP contribution is -2.13. The van der Waals surface area contributed by atoms with Crippen LogP contribution in [-0.4, -0.2) is 22.0 Å². The van der Waals surface area contributed by atoms with Crippen LogP contribution in [0.1, 0.15) is 20.0 Å². The zero-order valence-corrected chi connectivity index (χ0v) is 11.3. The number of anilines is 1. The van der Waals surface area contributed by atoms with E-state index in [2.05, 4.69) is 26.2 Å². The van der Waals surface area contributed by atoms with Crippen LogP contribution in [0.4, 0.5) is 5.69 Å². The van der Waals surface area contributed by atoms with Gasteiger partial charge in [0.05, 0.1) is 26.1 Å². The molecule has 0 spiro atoms. The van der Waals surface area contributed by atoms with Gasteiger partial charge in [-0.1, -0.05) is 0 Å². The van der Waals surface area contributed by atoms with E-state index in [4.69, 9.17) is 5.11 Å². The molecule has 0 bridgehead atoms. The minimum absolute atomic E-state index is 0.00831. The lowest BCUT2D eigenvalue weighted by atomic mass is 10.2. The number of amides is 1. The molecular formula is C11H7BrN2O3S. The normalized spacial score (nSPS) is 10.1. The van der Waals surface area contributed by atoms with Crippen molar-refractivity contribution >= 4 is 44.8 Å². The molecule has 0 saturated heterocycles. The van der Waals surface area contributed by atoms with Gasteiger partial charge < -0.3 is 10.4 Å². The number of carbonyl (C=O) groups excluding carboxylic acids is 1. The average Bonchev–Trinajstić information content (AvgIpc) is 2.76. The van der Waals surface area contributed by atoms with E-state index in [-0.39, 0.29) is 17.2 Å². The monoisotopic (exact) mass is 326 g/mol. The summed E-state index contributed by atoms with van der Waals surface area (Å²) in [7, 11) is 0. The van der Waals surface area contributed by atoms with E-state index < -0.39 is 5.97 Å². The Morgan fingerprint density at radius 1 is 1.33 bits per heavy atom. The second-order valence-electron chi connectivity index (χ2n) is 3.28. The number of carboxylic acid groups (broad SMARTS) is 1. The van der Waals surface area contributed by atoms with Gasteiger partial charge in [-0.3, -0.25) is 9.78 Å². The van der Waals surface area contributed by atoms with Crippen LogP contribution in [0.3, 0.4) is 0 Å². The molecule has 1 amide bonds. The maximum absolute atomic E-state index is 11.9. The van der Waals surface area contributed by atoms with E-state index in [1.54, 1.807) is 12.1 Å². The van der Waals surface area contributed by atoms with Crippen molar-refractivity contribution < 1.29 is 14.7 Å². The van der Waals surface area contributed by atoms with Crippen molar-refractivity contribution in [3.8, 4) is 0 Å². The lowest BCUT2D eigenvalue weighted by molar-refractivity contribution is 0.0698. The molecule has 0 atom stereocenters. The van der Waals surface area contributed by atoms with Crippen molar-refractivity contribution in [3.05, 3.63) is 44.8 Å². The number of hydrogen-bond acceptors (Lipinski definition) is 4. The van der Waals surface area contributed by atoms with Gasteiger partial charge >= 0.3 is 5.97 Å². The highest BCUT2D eigenvalue weighted by Crippen LogP contribution is 2.23. The third kappa shape index (κ3) is 2.74. The quantitative estimate of drug-likeness (QED) is 0.908. The number of carboxylic acids is 1. The molecule has 5 nitrogen and oxygen atoms in total. The van der Waals surface area contributed by atoms with Gasteiger partial charge in [0.1, 0.15) is 0 Å². The Balaban J connectivity index is 2.24. The summed E-state index contributed by atoms with van der Waals surface area (Å²) in [5.41, 5.74) is 0.188. The molecule has 0 aromatic carbocycles. The summed E-state index contributed by atoms with van der Waals surface area (Å²) in [5.74, 6) is -1.47. The highest BCUT2D eigenvalue weighted by Gasteiger charge is 2.14. The van der Waals surface area contributed by atoms with Gasteiger partial charge in [0.25, 0.3) is 5.91 Å². The Morgan fingerprint density at radius 3 is 2.72 bits per heavy atom. The second kappa shape index (κ2) is 5.28. The maximum Gasteiger partial charge on any atom is 0.337 e. The Morgan fingerprint density at radius 2 is 2.11 bits per heavy atom. The largest absolute Gasteiger partial charge is 0.478 e. The van der Waals surface area contributed by atoms with Crippen LogP contribution in [-0.2, 0) is 0 Å². The molecule has 0 aliphatic carbocycles. The summed E-state index contributed by atoms with van der Waals surface area (Å²) in [4.78, 5) is 27.1. The average molecular weight is 327 g/mol. The van der Waals surface area contributed by atoms with E-state index in [0.717, 1.165) is 3.79 Å². The van der Waals surface area contributed by atoms with E-state index in [1.165, 1.54) is 29.8 Å². The fourth-order valence-electron chi connectivity index (χ4n) is 1.30. The zero-order chi connectivity index (χ0) is 13.1. The molecule has 7 heteroatoms. The van der Waals surface area contributed by atoms with Crippen LogP contribution >= 0.6 is 27.3 Å². The minimum atomic E-state index is -1.11. The summed E-state index contributed by atoms with van der Waals surface area (Å²) >= 11 is 4.52. The highest BCUT2D eigenvalue weighted by atomic mass is 79.9. The predicted octanol–water partition coefficient (Wildman–Crippen LogP) is 2.86. The Labute approximate surface area is 115 Å². The van der Waals surface area contributed by atoms with Gasteiger partial charge in [-0.25, -0.2) is 4.79 Å². The van der Waals surface area contributed by atoms with E-state index in [9.17, 15) is 9.59 Å². The SMILES string of the molecule is O=C(Nc1cnccc1C(=O)O)c1ccc(Br)s1. The van der Waals surface area contributed by atoms with Crippen molar-refractivity contribution in [2.75, 3.05) is 5.32 Å². The van der Waals surface area contributed by atoms with Crippen LogP contribution in [0.2, 0.25) is 0 Å². The topological polar surface area (TPSA) is 79.3 Å². The Hall–Kier alpha value is -1.73. The number of nitrogens with one attached hydrogen (secondary N) is 1. The number of halogens is 1. The number of pyridine rings is 1. The van der Waals surface area contributed by atoms with Gasteiger partial charge in [0, 0.05) is 6.20 Å². The molecule has 2 aromatic rings. The first-order valence-electron chi connectivity index (χ1n) is 4.82. The van der Waals surface area contributed by atoms with Gasteiger partial charge in [0.15, 0.2) is 0 Å². The molecule has 2 heterocycles. The van der Waals surface area contributed by atoms with Gasteiger partial charge in [-0.05, 0) is 34.1 Å². The van der Waals surface area contributed by atoms with Gasteiger partial charge in [0.2, 0.25) is 0 Å². The number of nitrogens with zero attached hydrogens (tertiary/aromatic N) is 1. The molecule has 0 unspecified atom stereocenters. The highest BCUT2D eigenvalue weighted by molar-refractivity contribution is 9.11. The van der Waals surface area contributed by atoms with Crippen LogP contribution < -0.4 is 5.32 Å².